The van der Waals surface area contributed by atoms with Gasteiger partial charge in [0.15, 0.2) is 0 Å². The quantitative estimate of drug-likeness (QED) is 0.851. The van der Waals surface area contributed by atoms with Crippen molar-refractivity contribution in [2.45, 2.75) is 24.3 Å². The van der Waals surface area contributed by atoms with Crippen molar-refractivity contribution in [2.24, 2.45) is 18.7 Å². The summed E-state index contributed by atoms with van der Waals surface area (Å²) < 4.78 is 28.1. The summed E-state index contributed by atoms with van der Waals surface area (Å²) in [5.74, 6) is 0.281. The molecular weight excluding hydrogens is 238 g/mol. The molecule has 6 heteroatoms. The zero-order chi connectivity index (χ0) is 12.6. The molecular formula is C11H19N3O2S. The summed E-state index contributed by atoms with van der Waals surface area (Å²) in [5, 5.41) is 0. The van der Waals surface area contributed by atoms with Gasteiger partial charge in [0.1, 0.15) is 0 Å². The van der Waals surface area contributed by atoms with Gasteiger partial charge in [-0.3, -0.25) is 0 Å². The van der Waals surface area contributed by atoms with Gasteiger partial charge in [-0.1, -0.05) is 0 Å². The predicted molar refractivity (Wildman–Crippen MR) is 65.9 cm³/mol. The van der Waals surface area contributed by atoms with Crippen molar-refractivity contribution in [2.75, 3.05) is 13.1 Å². The van der Waals surface area contributed by atoms with Crippen molar-refractivity contribution in [3.05, 3.63) is 18.5 Å². The van der Waals surface area contributed by atoms with E-state index in [1.807, 2.05) is 14.0 Å². The molecule has 1 aliphatic rings. The van der Waals surface area contributed by atoms with E-state index in [1.165, 1.54) is 0 Å². The fourth-order valence-corrected chi connectivity index (χ4v) is 4.15. The molecule has 0 aromatic carbocycles. The molecule has 17 heavy (non-hydrogen) atoms. The van der Waals surface area contributed by atoms with Gasteiger partial charge in [0, 0.05) is 32.0 Å². The summed E-state index contributed by atoms with van der Waals surface area (Å²) in [6, 6.07) is 1.67. The molecule has 0 saturated carbocycles. The highest BCUT2D eigenvalue weighted by atomic mass is 32.2. The smallest absolute Gasteiger partial charge is 0.244 e. The monoisotopic (exact) mass is 257 g/mol. The molecule has 0 spiro atoms. The molecule has 2 rings (SSSR count). The van der Waals surface area contributed by atoms with E-state index in [9.17, 15) is 8.42 Å². The Kier molecular flexibility index (Phi) is 3.29. The molecule has 5 nitrogen and oxygen atoms in total. The van der Waals surface area contributed by atoms with Crippen LogP contribution in [0.15, 0.2) is 23.4 Å². The number of hydrogen-bond donors (Lipinski definition) is 1. The third-order valence-corrected chi connectivity index (χ3v) is 5.31. The lowest BCUT2D eigenvalue weighted by Crippen LogP contribution is -2.34. The van der Waals surface area contributed by atoms with Crippen LogP contribution in [-0.2, 0) is 17.1 Å². The van der Waals surface area contributed by atoms with Gasteiger partial charge in [0.25, 0.3) is 0 Å². The number of hydrogen-bond acceptors (Lipinski definition) is 3. The van der Waals surface area contributed by atoms with Crippen LogP contribution in [0.3, 0.4) is 0 Å². The van der Waals surface area contributed by atoms with E-state index in [4.69, 9.17) is 5.73 Å². The molecule has 0 aliphatic carbocycles. The van der Waals surface area contributed by atoms with Gasteiger partial charge >= 0.3 is 0 Å². The molecule has 2 N–H and O–H groups in total. The van der Waals surface area contributed by atoms with Crippen molar-refractivity contribution >= 4 is 10.0 Å². The van der Waals surface area contributed by atoms with E-state index in [1.54, 1.807) is 27.3 Å². The molecule has 1 saturated heterocycles. The summed E-state index contributed by atoms with van der Waals surface area (Å²) in [7, 11) is -1.54. The molecule has 0 bridgehead atoms. The van der Waals surface area contributed by atoms with Crippen molar-refractivity contribution in [1.29, 1.82) is 0 Å². The van der Waals surface area contributed by atoms with E-state index in [-0.39, 0.29) is 12.0 Å². The van der Waals surface area contributed by atoms with E-state index in [0.717, 1.165) is 6.42 Å². The van der Waals surface area contributed by atoms with Crippen LogP contribution in [0.5, 0.6) is 0 Å². The number of sulfonamides is 1. The number of aromatic nitrogens is 1. The Morgan fingerprint density at radius 3 is 2.71 bits per heavy atom. The first-order chi connectivity index (χ1) is 7.95. The largest absolute Gasteiger partial charge is 0.356 e. The summed E-state index contributed by atoms with van der Waals surface area (Å²) in [4.78, 5) is 0.365. The zero-order valence-corrected chi connectivity index (χ0v) is 11.0. The van der Waals surface area contributed by atoms with Crippen LogP contribution < -0.4 is 5.73 Å². The zero-order valence-electron chi connectivity index (χ0n) is 10.2. The Morgan fingerprint density at radius 2 is 2.24 bits per heavy atom. The van der Waals surface area contributed by atoms with Crippen LogP contribution in [-0.4, -0.2) is 36.4 Å². The highest BCUT2D eigenvalue weighted by Gasteiger charge is 2.37. The Hall–Kier alpha value is -0.850. The average molecular weight is 257 g/mol. The van der Waals surface area contributed by atoms with Gasteiger partial charge < -0.3 is 10.3 Å². The maximum Gasteiger partial charge on any atom is 0.244 e. The van der Waals surface area contributed by atoms with Crippen molar-refractivity contribution in [3.8, 4) is 0 Å². The van der Waals surface area contributed by atoms with Gasteiger partial charge in [-0.2, -0.15) is 4.31 Å². The second-order valence-corrected chi connectivity index (χ2v) is 6.66. The normalized spacial score (nSPS) is 26.5. The van der Waals surface area contributed by atoms with Gasteiger partial charge in [-0.25, -0.2) is 8.42 Å². The molecule has 0 radical (unpaired) electrons. The Morgan fingerprint density at radius 1 is 1.53 bits per heavy atom. The lowest BCUT2D eigenvalue weighted by atomic mass is 10.1. The standard InChI is InChI=1S/C11H19N3O2S/c1-9-5-10(6-12)7-14(9)17(15,16)11-3-4-13(2)8-11/h3-4,8-10H,5-7,12H2,1-2H3. The fraction of sp³-hybridized carbons (Fsp3) is 0.636. The van der Waals surface area contributed by atoms with Crippen molar-refractivity contribution in [3.63, 3.8) is 0 Å². The minimum atomic E-state index is -3.35. The topological polar surface area (TPSA) is 68.3 Å². The van der Waals surface area contributed by atoms with Crippen molar-refractivity contribution < 1.29 is 8.42 Å². The first-order valence-electron chi connectivity index (χ1n) is 5.79. The molecule has 1 aliphatic heterocycles. The number of nitrogens with two attached hydrogens (primary N) is 1. The lowest BCUT2D eigenvalue weighted by Gasteiger charge is -2.20. The van der Waals surface area contributed by atoms with Crippen molar-refractivity contribution in [1.82, 2.24) is 8.87 Å². The van der Waals surface area contributed by atoms with Crippen LogP contribution in [0.4, 0.5) is 0 Å². The fourth-order valence-electron chi connectivity index (χ4n) is 2.38. The summed E-state index contributed by atoms with van der Waals surface area (Å²) >= 11 is 0. The van der Waals surface area contributed by atoms with Crippen LogP contribution in [0, 0.1) is 5.92 Å². The minimum absolute atomic E-state index is 0.0359. The Balaban J connectivity index is 2.28. The number of aryl methyl sites for hydroxylation is 1. The maximum atomic E-state index is 12.4. The van der Waals surface area contributed by atoms with Crippen LogP contribution in [0.2, 0.25) is 0 Å². The summed E-state index contributed by atoms with van der Waals surface area (Å²) in [6.45, 7) is 3.02. The molecule has 2 heterocycles. The molecule has 2 atom stereocenters. The van der Waals surface area contributed by atoms with Crippen LogP contribution >= 0.6 is 0 Å². The SMILES string of the molecule is CC1CC(CN)CN1S(=O)(=O)c1ccn(C)c1. The van der Waals surface area contributed by atoms with Gasteiger partial charge in [0.2, 0.25) is 10.0 Å². The average Bonchev–Trinajstić information content (AvgIpc) is 2.85. The predicted octanol–water partition coefficient (Wildman–Crippen LogP) is 0.383. The van der Waals surface area contributed by atoms with E-state index < -0.39 is 10.0 Å². The second kappa shape index (κ2) is 4.44. The van der Waals surface area contributed by atoms with E-state index >= 15 is 0 Å². The third-order valence-electron chi connectivity index (χ3n) is 3.35. The van der Waals surface area contributed by atoms with Gasteiger partial charge in [-0.05, 0) is 31.9 Å². The highest BCUT2D eigenvalue weighted by molar-refractivity contribution is 7.89. The Bertz CT molecular complexity index is 495. The summed E-state index contributed by atoms with van der Waals surface area (Å²) in [6.07, 6.45) is 4.23. The maximum absolute atomic E-state index is 12.4. The molecule has 0 amide bonds. The lowest BCUT2D eigenvalue weighted by molar-refractivity contribution is 0.404. The molecule has 1 aromatic rings. The number of nitrogens with zero attached hydrogens (tertiary/aromatic N) is 2. The van der Waals surface area contributed by atoms with Crippen LogP contribution in [0.25, 0.3) is 0 Å². The first kappa shape index (κ1) is 12.6. The summed E-state index contributed by atoms with van der Waals surface area (Å²) in [5.41, 5.74) is 5.62. The Labute approximate surface area is 102 Å². The second-order valence-electron chi connectivity index (χ2n) is 4.77. The molecule has 1 aromatic heterocycles. The number of rotatable bonds is 3. The molecule has 1 fully saturated rings. The van der Waals surface area contributed by atoms with Gasteiger partial charge in [-0.15, -0.1) is 0 Å². The van der Waals surface area contributed by atoms with Gasteiger partial charge in [0.05, 0.1) is 4.90 Å². The van der Waals surface area contributed by atoms with Crippen LogP contribution in [0.1, 0.15) is 13.3 Å². The first-order valence-corrected chi connectivity index (χ1v) is 7.23. The van der Waals surface area contributed by atoms with E-state index in [2.05, 4.69) is 0 Å². The van der Waals surface area contributed by atoms with E-state index in [0.29, 0.717) is 18.0 Å². The highest BCUT2D eigenvalue weighted by Crippen LogP contribution is 2.28. The third kappa shape index (κ3) is 2.25. The minimum Gasteiger partial charge on any atom is -0.356 e. The molecule has 96 valence electrons. The molecule has 2 unspecified atom stereocenters.